The van der Waals surface area contributed by atoms with Crippen LogP contribution in [0.25, 0.3) is 0 Å². The first-order valence-electron chi connectivity index (χ1n) is 6.43. The Morgan fingerprint density at radius 1 is 1.42 bits per heavy atom. The van der Waals surface area contributed by atoms with E-state index >= 15 is 0 Å². The predicted molar refractivity (Wildman–Crippen MR) is 72.6 cm³/mol. The molecule has 0 amide bonds. The molecule has 2 rings (SSSR count). The van der Waals surface area contributed by atoms with Gasteiger partial charge in [-0.25, -0.2) is 13.4 Å². The highest BCUT2D eigenvalue weighted by Crippen LogP contribution is 2.22. The number of nitrogens with one attached hydrogen (secondary N) is 1. The van der Waals surface area contributed by atoms with Gasteiger partial charge in [-0.3, -0.25) is 0 Å². The third kappa shape index (κ3) is 3.23. The smallest absolute Gasteiger partial charge is 0.262 e. The van der Waals surface area contributed by atoms with Crippen molar-refractivity contribution in [2.24, 2.45) is 0 Å². The third-order valence-corrected chi connectivity index (χ3v) is 4.76. The van der Waals surface area contributed by atoms with E-state index in [-0.39, 0.29) is 5.03 Å². The summed E-state index contributed by atoms with van der Waals surface area (Å²) in [5, 5.41) is 3.13. The topological polar surface area (TPSA) is 71.5 Å². The van der Waals surface area contributed by atoms with E-state index in [9.17, 15) is 8.42 Å². The lowest BCUT2D eigenvalue weighted by molar-refractivity contribution is 0.148. The minimum atomic E-state index is -3.56. The highest BCUT2D eigenvalue weighted by atomic mass is 32.2. The van der Waals surface area contributed by atoms with E-state index in [1.165, 1.54) is 10.5 Å². The number of aromatic nitrogens is 1. The van der Waals surface area contributed by atoms with Crippen molar-refractivity contribution in [3.8, 4) is 0 Å². The Bertz CT molecular complexity index is 511. The quantitative estimate of drug-likeness (QED) is 0.891. The van der Waals surface area contributed by atoms with Gasteiger partial charge in [0.05, 0.1) is 12.3 Å². The lowest BCUT2D eigenvalue weighted by atomic mass is 10.4. The molecule has 7 heteroatoms. The molecule has 0 unspecified atom stereocenters. The first kappa shape index (κ1) is 14.2. The standard InChI is InChI=1S/C12H19N3O3S/c1-2-13-11-5-3-6-14-12(11)19(16,17)15-7-4-9-18-10-8-15/h3,5-6,13H,2,4,7-10H2,1H3. The molecule has 6 nitrogen and oxygen atoms in total. The molecule has 0 bridgehead atoms. The van der Waals surface area contributed by atoms with Crippen LogP contribution in [0.15, 0.2) is 23.4 Å². The van der Waals surface area contributed by atoms with Crippen LogP contribution < -0.4 is 5.32 Å². The molecule has 1 N–H and O–H groups in total. The summed E-state index contributed by atoms with van der Waals surface area (Å²) in [5.41, 5.74) is 0.551. The Kier molecular flexibility index (Phi) is 4.73. The molecule has 0 aliphatic carbocycles. The highest BCUT2D eigenvalue weighted by Gasteiger charge is 2.28. The van der Waals surface area contributed by atoms with Gasteiger partial charge >= 0.3 is 0 Å². The summed E-state index contributed by atoms with van der Waals surface area (Å²) in [5.74, 6) is 0. The molecule has 0 spiro atoms. The molecule has 1 aliphatic rings. The number of hydrogen-bond acceptors (Lipinski definition) is 5. The summed E-state index contributed by atoms with van der Waals surface area (Å²) < 4.78 is 31.9. The van der Waals surface area contributed by atoms with Crippen molar-refractivity contribution >= 4 is 15.7 Å². The zero-order valence-electron chi connectivity index (χ0n) is 11.0. The van der Waals surface area contributed by atoms with Gasteiger partial charge in [0.2, 0.25) is 0 Å². The summed E-state index contributed by atoms with van der Waals surface area (Å²) in [6.45, 7) is 4.46. The molecule has 0 radical (unpaired) electrons. The Morgan fingerprint density at radius 3 is 3.05 bits per heavy atom. The Balaban J connectivity index is 2.32. The van der Waals surface area contributed by atoms with Crippen molar-refractivity contribution in [3.05, 3.63) is 18.3 Å². The van der Waals surface area contributed by atoms with Gasteiger partial charge in [-0.1, -0.05) is 0 Å². The van der Waals surface area contributed by atoms with Crippen LogP contribution in [0.2, 0.25) is 0 Å². The maximum Gasteiger partial charge on any atom is 0.262 e. The van der Waals surface area contributed by atoms with Gasteiger partial charge in [0, 0.05) is 32.4 Å². The zero-order chi connectivity index (χ0) is 13.7. The molecule has 1 aromatic rings. The van der Waals surface area contributed by atoms with Crippen LogP contribution in [0, 0.1) is 0 Å². The molecule has 1 fully saturated rings. The highest BCUT2D eigenvalue weighted by molar-refractivity contribution is 7.89. The fourth-order valence-corrected chi connectivity index (χ4v) is 3.55. The zero-order valence-corrected chi connectivity index (χ0v) is 11.8. The van der Waals surface area contributed by atoms with Gasteiger partial charge in [0.1, 0.15) is 0 Å². The Morgan fingerprint density at radius 2 is 2.26 bits per heavy atom. The number of rotatable bonds is 4. The van der Waals surface area contributed by atoms with E-state index in [4.69, 9.17) is 4.74 Å². The molecule has 1 aromatic heterocycles. The van der Waals surface area contributed by atoms with Crippen LogP contribution in [-0.4, -0.2) is 50.6 Å². The summed E-state index contributed by atoms with van der Waals surface area (Å²) in [7, 11) is -3.56. The largest absolute Gasteiger partial charge is 0.383 e. The van der Waals surface area contributed by atoms with Crippen LogP contribution in [0.3, 0.4) is 0 Å². The Hall–Kier alpha value is -1.18. The molecular weight excluding hydrogens is 266 g/mol. The minimum Gasteiger partial charge on any atom is -0.383 e. The SMILES string of the molecule is CCNc1cccnc1S(=O)(=O)N1CCCOCC1. The van der Waals surface area contributed by atoms with E-state index in [1.807, 2.05) is 6.92 Å². The second-order valence-electron chi connectivity index (χ2n) is 4.26. The monoisotopic (exact) mass is 285 g/mol. The average Bonchev–Trinajstić information content (AvgIpc) is 2.69. The van der Waals surface area contributed by atoms with Gasteiger partial charge < -0.3 is 10.1 Å². The summed E-state index contributed by atoms with van der Waals surface area (Å²) in [6.07, 6.45) is 2.21. The fraction of sp³-hybridized carbons (Fsp3) is 0.583. The van der Waals surface area contributed by atoms with E-state index in [1.54, 1.807) is 12.1 Å². The number of nitrogens with zero attached hydrogens (tertiary/aromatic N) is 2. The number of sulfonamides is 1. The van der Waals surface area contributed by atoms with Gasteiger partial charge in [0.15, 0.2) is 5.03 Å². The van der Waals surface area contributed by atoms with Gasteiger partial charge in [-0.05, 0) is 25.5 Å². The lowest BCUT2D eigenvalue weighted by Gasteiger charge is -2.20. The first-order valence-corrected chi connectivity index (χ1v) is 7.87. The maximum atomic E-state index is 12.6. The van der Waals surface area contributed by atoms with Crippen molar-refractivity contribution < 1.29 is 13.2 Å². The Labute approximate surface area is 113 Å². The lowest BCUT2D eigenvalue weighted by Crippen LogP contribution is -2.34. The fourth-order valence-electron chi connectivity index (χ4n) is 2.01. The summed E-state index contributed by atoms with van der Waals surface area (Å²) >= 11 is 0. The number of ether oxygens (including phenoxy) is 1. The molecule has 1 aliphatic heterocycles. The van der Waals surface area contributed by atoms with Crippen LogP contribution >= 0.6 is 0 Å². The minimum absolute atomic E-state index is 0.0961. The molecule has 2 heterocycles. The van der Waals surface area contributed by atoms with Crippen molar-refractivity contribution in [2.75, 3.05) is 38.2 Å². The van der Waals surface area contributed by atoms with Crippen LogP contribution in [0.1, 0.15) is 13.3 Å². The average molecular weight is 285 g/mol. The number of hydrogen-bond donors (Lipinski definition) is 1. The van der Waals surface area contributed by atoms with Crippen LogP contribution in [0.5, 0.6) is 0 Å². The molecule has 0 saturated carbocycles. The molecular formula is C12H19N3O3S. The molecule has 19 heavy (non-hydrogen) atoms. The van der Waals surface area contributed by atoms with Crippen molar-refractivity contribution in [1.82, 2.24) is 9.29 Å². The van der Waals surface area contributed by atoms with E-state index < -0.39 is 10.0 Å². The van der Waals surface area contributed by atoms with Gasteiger partial charge in [0.25, 0.3) is 10.0 Å². The number of anilines is 1. The molecule has 0 atom stereocenters. The molecule has 106 valence electrons. The predicted octanol–water partition coefficient (Wildman–Crippen LogP) is 0.924. The number of pyridine rings is 1. The summed E-state index contributed by atoms with van der Waals surface area (Å²) in [6, 6.07) is 3.46. The van der Waals surface area contributed by atoms with E-state index in [2.05, 4.69) is 10.3 Å². The third-order valence-electron chi connectivity index (χ3n) is 2.90. The van der Waals surface area contributed by atoms with Crippen LogP contribution in [-0.2, 0) is 14.8 Å². The van der Waals surface area contributed by atoms with Gasteiger partial charge in [-0.15, -0.1) is 0 Å². The summed E-state index contributed by atoms with van der Waals surface area (Å²) in [4.78, 5) is 4.04. The molecule has 1 saturated heterocycles. The van der Waals surface area contributed by atoms with Crippen molar-refractivity contribution in [1.29, 1.82) is 0 Å². The van der Waals surface area contributed by atoms with E-state index in [0.29, 0.717) is 45.0 Å². The normalized spacial score (nSPS) is 17.9. The van der Waals surface area contributed by atoms with Crippen LogP contribution in [0.4, 0.5) is 5.69 Å². The van der Waals surface area contributed by atoms with Crippen molar-refractivity contribution in [3.63, 3.8) is 0 Å². The second kappa shape index (κ2) is 6.31. The first-order chi connectivity index (χ1) is 9.16. The maximum absolute atomic E-state index is 12.6. The van der Waals surface area contributed by atoms with E-state index in [0.717, 1.165) is 0 Å². The van der Waals surface area contributed by atoms with Crippen molar-refractivity contribution in [2.45, 2.75) is 18.4 Å². The van der Waals surface area contributed by atoms with Gasteiger partial charge in [-0.2, -0.15) is 4.31 Å². The second-order valence-corrected chi connectivity index (χ2v) is 6.11. The molecule has 0 aromatic carbocycles.